The van der Waals surface area contributed by atoms with Gasteiger partial charge in [0.1, 0.15) is 0 Å². The van der Waals surface area contributed by atoms with Crippen molar-refractivity contribution in [2.45, 2.75) is 45.2 Å². The zero-order chi connectivity index (χ0) is 9.40. The lowest BCUT2D eigenvalue weighted by Crippen LogP contribution is -2.34. The fraction of sp³-hybridized carbons (Fsp3) is 0.889. The quantitative estimate of drug-likeness (QED) is 0.626. The first-order valence-electron chi connectivity index (χ1n) is 4.44. The second-order valence-corrected chi connectivity index (χ2v) is 3.20. The van der Waals surface area contributed by atoms with E-state index in [1.54, 1.807) is 0 Å². The van der Waals surface area contributed by atoms with Gasteiger partial charge in [0, 0.05) is 18.7 Å². The summed E-state index contributed by atoms with van der Waals surface area (Å²) in [7, 11) is 0. The number of hydrogen-bond acceptors (Lipinski definition) is 3. The van der Waals surface area contributed by atoms with Crippen molar-refractivity contribution >= 4 is 0 Å². The maximum Gasteiger partial charge on any atom is 0.0638 e. The first kappa shape index (κ1) is 11.4. The van der Waals surface area contributed by atoms with E-state index in [0.29, 0.717) is 12.5 Å². The van der Waals surface area contributed by atoms with Crippen LogP contribution in [0.5, 0.6) is 0 Å². The molecule has 12 heavy (non-hydrogen) atoms. The summed E-state index contributed by atoms with van der Waals surface area (Å²) in [4.78, 5) is 0. The zero-order valence-corrected chi connectivity index (χ0v) is 7.88. The highest BCUT2D eigenvalue weighted by molar-refractivity contribution is 4.79. The number of nitriles is 1. The van der Waals surface area contributed by atoms with Gasteiger partial charge in [-0.05, 0) is 26.7 Å². The molecule has 2 N–H and O–H groups in total. The molecular formula is C9H18N2O. The first-order chi connectivity index (χ1) is 5.70. The summed E-state index contributed by atoms with van der Waals surface area (Å²) in [5.41, 5.74) is 0. The number of nitrogens with one attached hydrogen (secondary N) is 1. The maximum atomic E-state index is 8.57. The van der Waals surface area contributed by atoms with Crippen LogP contribution in [0.3, 0.4) is 0 Å². The van der Waals surface area contributed by atoms with Gasteiger partial charge in [-0.25, -0.2) is 0 Å². The highest BCUT2D eigenvalue weighted by Gasteiger charge is 2.05. The van der Waals surface area contributed by atoms with Gasteiger partial charge in [-0.3, -0.25) is 0 Å². The molecule has 0 bridgehead atoms. The van der Waals surface area contributed by atoms with Crippen LogP contribution in [0.4, 0.5) is 0 Å². The predicted octanol–water partition coefficient (Wildman–Crippen LogP) is 1.04. The Kier molecular flexibility index (Phi) is 6.73. The van der Waals surface area contributed by atoms with Crippen molar-refractivity contribution in [2.24, 2.45) is 0 Å². The molecule has 0 aromatic heterocycles. The Morgan fingerprint density at radius 2 is 2.08 bits per heavy atom. The fourth-order valence-corrected chi connectivity index (χ4v) is 1.16. The fourth-order valence-electron chi connectivity index (χ4n) is 1.16. The number of aliphatic hydroxyl groups excluding tert-OH is 1. The molecule has 3 nitrogen and oxygen atoms in total. The lowest BCUT2D eigenvalue weighted by molar-refractivity contribution is 0.274. The van der Waals surface area contributed by atoms with Crippen molar-refractivity contribution in [3.05, 3.63) is 0 Å². The van der Waals surface area contributed by atoms with Crippen molar-refractivity contribution in [3.63, 3.8) is 0 Å². The van der Waals surface area contributed by atoms with E-state index in [1.165, 1.54) is 0 Å². The van der Waals surface area contributed by atoms with Crippen LogP contribution in [0.1, 0.15) is 33.1 Å². The van der Waals surface area contributed by atoms with Crippen LogP contribution in [0, 0.1) is 11.3 Å². The molecule has 0 saturated heterocycles. The van der Waals surface area contributed by atoms with Gasteiger partial charge in [0.15, 0.2) is 0 Å². The summed E-state index contributed by atoms with van der Waals surface area (Å²) in [6.45, 7) is 4.32. The van der Waals surface area contributed by atoms with Crippen LogP contribution < -0.4 is 5.32 Å². The van der Waals surface area contributed by atoms with Crippen LogP contribution in [-0.2, 0) is 0 Å². The Balaban J connectivity index is 3.41. The van der Waals surface area contributed by atoms with Crippen LogP contribution in [0.25, 0.3) is 0 Å². The average molecular weight is 170 g/mol. The van der Waals surface area contributed by atoms with E-state index in [2.05, 4.69) is 18.3 Å². The van der Waals surface area contributed by atoms with E-state index in [9.17, 15) is 0 Å². The Labute approximate surface area is 74.4 Å². The molecule has 0 spiro atoms. The molecular weight excluding hydrogens is 152 g/mol. The van der Waals surface area contributed by atoms with Crippen LogP contribution in [-0.4, -0.2) is 23.8 Å². The molecule has 0 aliphatic rings. The summed E-state index contributed by atoms with van der Waals surface area (Å²) < 4.78 is 0. The standard InChI is InChI=1S/C9H18N2O/c1-8(4-3-7-12)11-9(2)5-6-10/h8-9,11-12H,3-5,7H2,1-2H3. The van der Waals surface area contributed by atoms with Gasteiger partial charge in [0.2, 0.25) is 0 Å². The monoisotopic (exact) mass is 170 g/mol. The third-order valence-corrected chi connectivity index (χ3v) is 1.76. The first-order valence-corrected chi connectivity index (χ1v) is 4.44. The van der Waals surface area contributed by atoms with E-state index in [1.807, 2.05) is 6.92 Å². The number of rotatable bonds is 6. The molecule has 2 unspecified atom stereocenters. The van der Waals surface area contributed by atoms with Crippen molar-refractivity contribution in [2.75, 3.05) is 6.61 Å². The summed E-state index contributed by atoms with van der Waals surface area (Å²) in [5, 5.41) is 20.3. The normalized spacial score (nSPS) is 15.2. The maximum absolute atomic E-state index is 8.57. The second kappa shape index (κ2) is 7.08. The third kappa shape index (κ3) is 6.14. The minimum atomic E-state index is 0.249. The van der Waals surface area contributed by atoms with Gasteiger partial charge in [0.25, 0.3) is 0 Å². The van der Waals surface area contributed by atoms with Gasteiger partial charge in [-0.1, -0.05) is 0 Å². The molecule has 0 heterocycles. The molecule has 0 radical (unpaired) electrons. The molecule has 0 aromatic rings. The average Bonchev–Trinajstić information content (AvgIpc) is 2.01. The molecule has 0 rings (SSSR count). The van der Waals surface area contributed by atoms with Gasteiger partial charge >= 0.3 is 0 Å². The Morgan fingerprint density at radius 3 is 2.58 bits per heavy atom. The molecule has 70 valence electrons. The zero-order valence-electron chi connectivity index (χ0n) is 7.88. The van der Waals surface area contributed by atoms with Gasteiger partial charge in [-0.2, -0.15) is 5.26 Å². The van der Waals surface area contributed by atoms with Crippen molar-refractivity contribution < 1.29 is 5.11 Å². The van der Waals surface area contributed by atoms with Crippen molar-refractivity contribution in [1.82, 2.24) is 5.32 Å². The molecule has 0 aromatic carbocycles. The van der Waals surface area contributed by atoms with Crippen LogP contribution in [0.15, 0.2) is 0 Å². The summed E-state index contributed by atoms with van der Waals surface area (Å²) in [6, 6.07) is 2.76. The lowest BCUT2D eigenvalue weighted by atomic mass is 10.1. The highest BCUT2D eigenvalue weighted by atomic mass is 16.2. The largest absolute Gasteiger partial charge is 0.396 e. The summed E-state index contributed by atoms with van der Waals surface area (Å²) in [6.07, 6.45) is 2.34. The molecule has 0 amide bonds. The molecule has 3 heteroatoms. The Hall–Kier alpha value is -0.590. The number of aliphatic hydroxyl groups is 1. The van der Waals surface area contributed by atoms with E-state index in [4.69, 9.17) is 10.4 Å². The van der Waals surface area contributed by atoms with Crippen molar-refractivity contribution in [3.8, 4) is 6.07 Å². The molecule has 0 aliphatic heterocycles. The van der Waals surface area contributed by atoms with E-state index < -0.39 is 0 Å². The topological polar surface area (TPSA) is 56.0 Å². The summed E-state index contributed by atoms with van der Waals surface area (Å²) >= 11 is 0. The van der Waals surface area contributed by atoms with Crippen LogP contribution in [0.2, 0.25) is 0 Å². The van der Waals surface area contributed by atoms with E-state index in [0.717, 1.165) is 12.8 Å². The lowest BCUT2D eigenvalue weighted by Gasteiger charge is -2.17. The smallest absolute Gasteiger partial charge is 0.0638 e. The number of nitrogens with zero attached hydrogens (tertiary/aromatic N) is 1. The van der Waals surface area contributed by atoms with Crippen molar-refractivity contribution in [1.29, 1.82) is 5.26 Å². The van der Waals surface area contributed by atoms with Gasteiger partial charge in [0.05, 0.1) is 12.5 Å². The minimum absolute atomic E-state index is 0.249. The number of hydrogen-bond donors (Lipinski definition) is 2. The van der Waals surface area contributed by atoms with E-state index in [-0.39, 0.29) is 12.6 Å². The highest BCUT2D eigenvalue weighted by Crippen LogP contribution is 1.98. The summed E-state index contributed by atoms with van der Waals surface area (Å²) in [5.74, 6) is 0. The molecule has 0 fully saturated rings. The predicted molar refractivity (Wildman–Crippen MR) is 48.6 cm³/mol. The minimum Gasteiger partial charge on any atom is -0.396 e. The van der Waals surface area contributed by atoms with Gasteiger partial charge < -0.3 is 10.4 Å². The molecule has 0 saturated carbocycles. The second-order valence-electron chi connectivity index (χ2n) is 3.20. The van der Waals surface area contributed by atoms with Crippen LogP contribution >= 0.6 is 0 Å². The molecule has 0 aliphatic carbocycles. The van der Waals surface area contributed by atoms with Gasteiger partial charge in [-0.15, -0.1) is 0 Å². The molecule has 2 atom stereocenters. The Bertz CT molecular complexity index is 142. The third-order valence-electron chi connectivity index (χ3n) is 1.76. The van der Waals surface area contributed by atoms with E-state index >= 15 is 0 Å². The Morgan fingerprint density at radius 1 is 1.42 bits per heavy atom. The SMILES string of the molecule is CC(CC#N)NC(C)CCCO.